The summed E-state index contributed by atoms with van der Waals surface area (Å²) in [6.45, 7) is 5.76. The standard InChI is InChI=1S/C29H36ClN5O3/c1-33-21(20-31-12-17-36)19-25(32-33)29(37)35-16-11-23-22(7-4-9-26(23)35)24-8-5-10-27(28(24)30)38-18-6-15-34-13-2-3-14-34/h4-5,7-10,19,31,36H,2-3,6,11-18,20H2,1H3. The molecule has 0 saturated carbocycles. The normalized spacial score (nSPS) is 15.3. The number of ether oxygens (including phenoxy) is 1. The first-order valence-electron chi connectivity index (χ1n) is 13.5. The summed E-state index contributed by atoms with van der Waals surface area (Å²) in [5.41, 5.74) is 5.25. The summed E-state index contributed by atoms with van der Waals surface area (Å²) in [7, 11) is 1.83. The van der Waals surface area contributed by atoms with Gasteiger partial charge in [-0.2, -0.15) is 5.10 Å². The quantitative estimate of drug-likeness (QED) is 0.361. The van der Waals surface area contributed by atoms with E-state index in [1.54, 1.807) is 9.58 Å². The number of benzene rings is 2. The van der Waals surface area contributed by atoms with E-state index in [0.717, 1.165) is 47.5 Å². The first kappa shape index (κ1) is 26.7. The summed E-state index contributed by atoms with van der Waals surface area (Å²) in [6, 6.07) is 13.8. The van der Waals surface area contributed by atoms with Crippen molar-refractivity contribution in [2.75, 3.05) is 50.8 Å². The molecule has 0 aliphatic carbocycles. The highest BCUT2D eigenvalue weighted by Crippen LogP contribution is 2.42. The Morgan fingerprint density at radius 2 is 1.92 bits per heavy atom. The van der Waals surface area contributed by atoms with Crippen molar-refractivity contribution in [1.29, 1.82) is 0 Å². The van der Waals surface area contributed by atoms with Crippen LogP contribution in [0, 0.1) is 0 Å². The fraction of sp³-hybridized carbons (Fsp3) is 0.448. The van der Waals surface area contributed by atoms with Gasteiger partial charge in [0.05, 0.1) is 23.9 Å². The molecule has 0 bridgehead atoms. The number of hydrogen-bond acceptors (Lipinski definition) is 6. The zero-order valence-electron chi connectivity index (χ0n) is 22.0. The number of aliphatic hydroxyl groups is 1. The second-order valence-corrected chi connectivity index (χ2v) is 10.3. The zero-order valence-corrected chi connectivity index (χ0v) is 22.7. The molecule has 38 heavy (non-hydrogen) atoms. The van der Waals surface area contributed by atoms with Gasteiger partial charge in [0.25, 0.3) is 5.91 Å². The van der Waals surface area contributed by atoms with E-state index in [1.165, 1.54) is 25.9 Å². The van der Waals surface area contributed by atoms with E-state index in [2.05, 4.69) is 21.4 Å². The number of halogens is 1. The molecule has 1 aromatic heterocycles. The van der Waals surface area contributed by atoms with Crippen molar-refractivity contribution in [3.63, 3.8) is 0 Å². The molecule has 5 rings (SSSR count). The van der Waals surface area contributed by atoms with Crippen molar-refractivity contribution in [3.05, 3.63) is 64.4 Å². The molecule has 3 heterocycles. The maximum atomic E-state index is 13.5. The third-order valence-electron chi connectivity index (χ3n) is 7.39. The summed E-state index contributed by atoms with van der Waals surface area (Å²) in [6.07, 6.45) is 4.31. The van der Waals surface area contributed by atoms with Crippen molar-refractivity contribution in [2.45, 2.75) is 32.2 Å². The van der Waals surface area contributed by atoms with Crippen LogP contribution in [0.1, 0.15) is 41.0 Å². The average molecular weight is 538 g/mol. The Morgan fingerprint density at radius 3 is 2.74 bits per heavy atom. The van der Waals surface area contributed by atoms with E-state index in [0.29, 0.717) is 42.7 Å². The van der Waals surface area contributed by atoms with Crippen LogP contribution in [0.4, 0.5) is 5.69 Å². The van der Waals surface area contributed by atoms with E-state index >= 15 is 0 Å². The number of rotatable bonds is 11. The molecule has 1 saturated heterocycles. The number of hydrogen-bond donors (Lipinski definition) is 2. The number of nitrogens with one attached hydrogen (secondary N) is 1. The maximum absolute atomic E-state index is 13.5. The van der Waals surface area contributed by atoms with Crippen molar-refractivity contribution in [3.8, 4) is 16.9 Å². The topological polar surface area (TPSA) is 82.9 Å². The van der Waals surface area contributed by atoms with E-state index in [1.807, 2.05) is 43.4 Å². The molecule has 202 valence electrons. The number of carbonyl (C=O) groups is 1. The van der Waals surface area contributed by atoms with Crippen molar-refractivity contribution < 1.29 is 14.6 Å². The van der Waals surface area contributed by atoms with Crippen molar-refractivity contribution in [1.82, 2.24) is 20.0 Å². The minimum absolute atomic E-state index is 0.0638. The smallest absolute Gasteiger partial charge is 0.278 e. The Kier molecular flexibility index (Phi) is 8.64. The van der Waals surface area contributed by atoms with Gasteiger partial charge in [0, 0.05) is 44.5 Å². The van der Waals surface area contributed by atoms with Gasteiger partial charge in [0.2, 0.25) is 0 Å². The third-order valence-corrected chi connectivity index (χ3v) is 7.78. The number of amides is 1. The third kappa shape index (κ3) is 5.73. The lowest BCUT2D eigenvalue weighted by molar-refractivity contribution is 0.0984. The molecule has 2 aromatic carbocycles. The molecule has 9 heteroatoms. The summed E-state index contributed by atoms with van der Waals surface area (Å²) in [5.74, 6) is 0.580. The first-order valence-corrected chi connectivity index (χ1v) is 13.9. The van der Waals surface area contributed by atoms with Crippen LogP contribution < -0.4 is 15.0 Å². The summed E-state index contributed by atoms with van der Waals surface area (Å²) < 4.78 is 7.80. The van der Waals surface area contributed by atoms with E-state index < -0.39 is 0 Å². The van der Waals surface area contributed by atoms with Crippen LogP contribution >= 0.6 is 11.6 Å². The fourth-order valence-corrected chi connectivity index (χ4v) is 5.70. The van der Waals surface area contributed by atoms with Crippen LogP contribution in [0.15, 0.2) is 42.5 Å². The van der Waals surface area contributed by atoms with Crippen LogP contribution in [0.25, 0.3) is 11.1 Å². The average Bonchev–Trinajstić information content (AvgIpc) is 3.68. The number of anilines is 1. The largest absolute Gasteiger partial charge is 0.492 e. The number of aryl methyl sites for hydroxylation is 1. The predicted octanol–water partition coefficient (Wildman–Crippen LogP) is 3.89. The Hall–Kier alpha value is -2.91. The van der Waals surface area contributed by atoms with Gasteiger partial charge in [-0.15, -0.1) is 0 Å². The fourth-order valence-electron chi connectivity index (χ4n) is 5.41. The van der Waals surface area contributed by atoms with Crippen LogP contribution in [0.3, 0.4) is 0 Å². The molecule has 2 N–H and O–H groups in total. The van der Waals surface area contributed by atoms with E-state index in [-0.39, 0.29) is 12.5 Å². The van der Waals surface area contributed by atoms with Crippen LogP contribution in [-0.4, -0.2) is 71.6 Å². The predicted molar refractivity (Wildman–Crippen MR) is 150 cm³/mol. The van der Waals surface area contributed by atoms with Gasteiger partial charge in [0.1, 0.15) is 5.75 Å². The van der Waals surface area contributed by atoms with Gasteiger partial charge < -0.3 is 25.0 Å². The van der Waals surface area contributed by atoms with Gasteiger partial charge in [-0.3, -0.25) is 9.48 Å². The highest BCUT2D eigenvalue weighted by molar-refractivity contribution is 6.35. The lowest BCUT2D eigenvalue weighted by Gasteiger charge is -2.18. The molecule has 2 aliphatic rings. The SMILES string of the molecule is Cn1nc(C(=O)N2CCc3c(-c4cccc(OCCCN5CCCC5)c4Cl)cccc32)cc1CNCCO. The second-order valence-electron chi connectivity index (χ2n) is 9.92. The molecule has 8 nitrogen and oxygen atoms in total. The monoisotopic (exact) mass is 537 g/mol. The summed E-state index contributed by atoms with van der Waals surface area (Å²) >= 11 is 6.87. The second kappa shape index (κ2) is 12.3. The minimum atomic E-state index is -0.119. The van der Waals surface area contributed by atoms with E-state index in [9.17, 15) is 4.79 Å². The summed E-state index contributed by atoms with van der Waals surface area (Å²) in [5, 5.41) is 17.2. The van der Waals surface area contributed by atoms with Gasteiger partial charge in [-0.1, -0.05) is 35.9 Å². The Morgan fingerprint density at radius 1 is 1.13 bits per heavy atom. The first-order chi connectivity index (χ1) is 18.6. The Labute approximate surface area is 229 Å². The number of carbonyl (C=O) groups excluding carboxylic acids is 1. The van der Waals surface area contributed by atoms with Gasteiger partial charge in [-0.25, -0.2) is 0 Å². The molecule has 0 atom stereocenters. The van der Waals surface area contributed by atoms with Crippen LogP contribution in [-0.2, 0) is 20.0 Å². The molecule has 2 aliphatic heterocycles. The van der Waals surface area contributed by atoms with Crippen molar-refractivity contribution in [2.24, 2.45) is 7.05 Å². The van der Waals surface area contributed by atoms with Gasteiger partial charge in [0.15, 0.2) is 5.69 Å². The minimum Gasteiger partial charge on any atom is -0.492 e. The van der Waals surface area contributed by atoms with Crippen LogP contribution in [0.2, 0.25) is 5.02 Å². The van der Waals surface area contributed by atoms with Crippen LogP contribution in [0.5, 0.6) is 5.75 Å². The highest BCUT2D eigenvalue weighted by Gasteiger charge is 2.30. The van der Waals surface area contributed by atoms with E-state index in [4.69, 9.17) is 21.4 Å². The molecule has 1 amide bonds. The molecule has 1 fully saturated rings. The number of aliphatic hydroxyl groups excluding tert-OH is 1. The summed E-state index contributed by atoms with van der Waals surface area (Å²) in [4.78, 5) is 17.7. The Bertz CT molecular complexity index is 1270. The number of nitrogens with zero attached hydrogens (tertiary/aromatic N) is 4. The maximum Gasteiger partial charge on any atom is 0.278 e. The molecule has 3 aromatic rings. The molecule has 0 spiro atoms. The number of fused-ring (bicyclic) bond motifs is 1. The molecule has 0 radical (unpaired) electrons. The van der Waals surface area contributed by atoms with Gasteiger partial charge in [-0.05, 0) is 68.1 Å². The molecular formula is C29H36ClN5O3. The molecular weight excluding hydrogens is 502 g/mol. The zero-order chi connectivity index (χ0) is 26.5. The number of aromatic nitrogens is 2. The number of likely N-dealkylation sites (tertiary alicyclic amines) is 1. The lowest BCUT2D eigenvalue weighted by atomic mass is 9.97. The van der Waals surface area contributed by atoms with Gasteiger partial charge >= 0.3 is 0 Å². The lowest BCUT2D eigenvalue weighted by Crippen LogP contribution is -2.29. The molecule has 0 unspecified atom stereocenters. The van der Waals surface area contributed by atoms with Crippen molar-refractivity contribution >= 4 is 23.2 Å². The Balaban J connectivity index is 1.31. The highest BCUT2D eigenvalue weighted by atomic mass is 35.5.